The molecule has 0 amide bonds. The van der Waals surface area contributed by atoms with Crippen LogP contribution in [0.15, 0.2) is 40.9 Å². The Morgan fingerprint density at radius 3 is 2.70 bits per heavy atom. The molecule has 0 bridgehead atoms. The molecular formula is C20H32IN3O3. The van der Waals surface area contributed by atoms with Crippen molar-refractivity contribution in [3.8, 4) is 11.5 Å². The van der Waals surface area contributed by atoms with E-state index in [1.54, 1.807) is 7.11 Å². The highest BCUT2D eigenvalue weighted by molar-refractivity contribution is 14.0. The van der Waals surface area contributed by atoms with Crippen molar-refractivity contribution < 1.29 is 14.2 Å². The van der Waals surface area contributed by atoms with Crippen molar-refractivity contribution in [1.29, 1.82) is 0 Å². The van der Waals surface area contributed by atoms with E-state index in [1.165, 1.54) is 5.57 Å². The molecule has 1 unspecified atom stereocenters. The average molecular weight is 489 g/mol. The van der Waals surface area contributed by atoms with E-state index in [4.69, 9.17) is 14.2 Å². The number of rotatable bonds is 9. The zero-order chi connectivity index (χ0) is 18.6. The monoisotopic (exact) mass is 489 g/mol. The van der Waals surface area contributed by atoms with E-state index >= 15 is 0 Å². The molecule has 1 aliphatic heterocycles. The Kier molecular flexibility index (Phi) is 11.9. The fourth-order valence-corrected chi connectivity index (χ4v) is 2.67. The van der Waals surface area contributed by atoms with Gasteiger partial charge in [0.25, 0.3) is 0 Å². The molecule has 152 valence electrons. The van der Waals surface area contributed by atoms with Crippen molar-refractivity contribution in [2.75, 3.05) is 40.0 Å². The van der Waals surface area contributed by atoms with Gasteiger partial charge >= 0.3 is 0 Å². The first-order chi connectivity index (χ1) is 12.7. The molecule has 27 heavy (non-hydrogen) atoms. The molecule has 0 aliphatic carbocycles. The van der Waals surface area contributed by atoms with E-state index in [0.29, 0.717) is 6.54 Å². The maximum atomic E-state index is 5.95. The molecule has 6 nitrogen and oxygen atoms in total. The van der Waals surface area contributed by atoms with Crippen molar-refractivity contribution in [3.63, 3.8) is 0 Å². The second-order valence-electron chi connectivity index (χ2n) is 6.16. The summed E-state index contributed by atoms with van der Waals surface area (Å²) < 4.78 is 16.6. The van der Waals surface area contributed by atoms with Gasteiger partial charge in [-0.3, -0.25) is 0 Å². The number of aliphatic imine (C=N–C) groups is 1. The summed E-state index contributed by atoms with van der Waals surface area (Å²) >= 11 is 0. The molecule has 2 rings (SSSR count). The topological polar surface area (TPSA) is 64.1 Å². The lowest BCUT2D eigenvalue weighted by Crippen LogP contribution is -2.38. The summed E-state index contributed by atoms with van der Waals surface area (Å²) in [5.41, 5.74) is 1.45. The van der Waals surface area contributed by atoms with Gasteiger partial charge in [0.15, 0.2) is 17.5 Å². The Bertz CT molecular complexity index is 608. The molecule has 1 heterocycles. The van der Waals surface area contributed by atoms with Crippen LogP contribution < -0.4 is 20.1 Å². The summed E-state index contributed by atoms with van der Waals surface area (Å²) in [5.74, 6) is 2.29. The molecule has 0 radical (unpaired) electrons. The quantitative estimate of drug-likeness (QED) is 0.241. The molecule has 7 heteroatoms. The van der Waals surface area contributed by atoms with Crippen molar-refractivity contribution in [2.45, 2.75) is 32.8 Å². The maximum absolute atomic E-state index is 5.95. The van der Waals surface area contributed by atoms with Gasteiger partial charge in [-0.15, -0.1) is 24.0 Å². The van der Waals surface area contributed by atoms with Gasteiger partial charge in [0.05, 0.1) is 26.9 Å². The first-order valence-corrected chi connectivity index (χ1v) is 9.30. The number of halogens is 1. The molecule has 1 aromatic rings. The number of hydrogen-bond donors (Lipinski definition) is 2. The molecule has 0 saturated heterocycles. The van der Waals surface area contributed by atoms with E-state index in [2.05, 4.69) is 28.6 Å². The van der Waals surface area contributed by atoms with Crippen molar-refractivity contribution in [2.24, 2.45) is 4.99 Å². The fourth-order valence-electron chi connectivity index (χ4n) is 2.67. The Morgan fingerprint density at radius 2 is 2.04 bits per heavy atom. The van der Waals surface area contributed by atoms with E-state index in [9.17, 15) is 0 Å². The number of methoxy groups -OCH3 is 1. The van der Waals surface area contributed by atoms with Crippen LogP contribution in [0.3, 0.4) is 0 Å². The zero-order valence-corrected chi connectivity index (χ0v) is 18.8. The molecular weight excluding hydrogens is 457 g/mol. The number of nitrogens with one attached hydrogen (secondary N) is 2. The Hall–Kier alpha value is -1.48. The maximum Gasteiger partial charge on any atom is 0.191 e. The number of para-hydroxylation sites is 2. The first kappa shape index (κ1) is 23.6. The van der Waals surface area contributed by atoms with E-state index in [1.807, 2.05) is 31.2 Å². The van der Waals surface area contributed by atoms with Crippen LogP contribution in [0, 0.1) is 0 Å². The third-order valence-corrected chi connectivity index (χ3v) is 4.04. The summed E-state index contributed by atoms with van der Waals surface area (Å²) in [6.07, 6.45) is 4.17. The highest BCUT2D eigenvalue weighted by Gasteiger charge is 2.09. The number of nitrogens with zero attached hydrogens (tertiary/aromatic N) is 1. The van der Waals surface area contributed by atoms with Gasteiger partial charge in [-0.25, -0.2) is 4.99 Å². The summed E-state index contributed by atoms with van der Waals surface area (Å²) in [4.78, 5) is 4.63. The summed E-state index contributed by atoms with van der Waals surface area (Å²) in [6, 6.07) is 7.66. The van der Waals surface area contributed by atoms with Gasteiger partial charge < -0.3 is 24.8 Å². The number of ether oxygens (including phenoxy) is 3. The van der Waals surface area contributed by atoms with Crippen LogP contribution in [-0.4, -0.2) is 52.0 Å². The van der Waals surface area contributed by atoms with E-state index in [-0.39, 0.29) is 30.1 Å². The third kappa shape index (κ3) is 8.83. The van der Waals surface area contributed by atoms with Crippen LogP contribution in [0.2, 0.25) is 0 Å². The first-order valence-electron chi connectivity index (χ1n) is 9.30. The smallest absolute Gasteiger partial charge is 0.191 e. The van der Waals surface area contributed by atoms with Crippen LogP contribution in [0.25, 0.3) is 0 Å². The predicted molar refractivity (Wildman–Crippen MR) is 121 cm³/mol. The lowest BCUT2D eigenvalue weighted by molar-refractivity contribution is 0.153. The molecule has 1 atom stereocenters. The summed E-state index contributed by atoms with van der Waals surface area (Å²) in [7, 11) is 1.64. The van der Waals surface area contributed by atoms with Crippen LogP contribution in [0.4, 0.5) is 0 Å². The van der Waals surface area contributed by atoms with Crippen LogP contribution >= 0.6 is 24.0 Å². The van der Waals surface area contributed by atoms with Crippen molar-refractivity contribution in [3.05, 3.63) is 35.9 Å². The molecule has 0 fully saturated rings. The van der Waals surface area contributed by atoms with E-state index < -0.39 is 0 Å². The van der Waals surface area contributed by atoms with Crippen molar-refractivity contribution >= 4 is 29.9 Å². The molecule has 1 aliphatic rings. The van der Waals surface area contributed by atoms with Crippen LogP contribution in [0.1, 0.15) is 26.7 Å². The highest BCUT2D eigenvalue weighted by Crippen LogP contribution is 2.26. The fraction of sp³-hybridized carbons (Fsp3) is 0.550. The summed E-state index contributed by atoms with van der Waals surface area (Å²) in [5, 5.41) is 6.66. The van der Waals surface area contributed by atoms with Crippen molar-refractivity contribution in [1.82, 2.24) is 10.6 Å². The number of benzene rings is 1. The molecule has 2 N–H and O–H groups in total. The Labute approximate surface area is 179 Å². The number of hydrogen-bond acceptors (Lipinski definition) is 4. The average Bonchev–Trinajstić information content (AvgIpc) is 2.67. The Balaban J connectivity index is 0.00000364. The highest BCUT2D eigenvalue weighted by atomic mass is 127. The Morgan fingerprint density at radius 1 is 1.26 bits per heavy atom. The number of guanidine groups is 1. The predicted octanol–water partition coefficient (Wildman–Crippen LogP) is 3.37. The molecule has 0 saturated carbocycles. The molecule has 0 spiro atoms. The lowest BCUT2D eigenvalue weighted by Gasteiger charge is -2.17. The zero-order valence-electron chi connectivity index (χ0n) is 16.5. The second kappa shape index (κ2) is 13.7. The van der Waals surface area contributed by atoms with Crippen LogP contribution in [-0.2, 0) is 4.74 Å². The normalized spacial score (nSPS) is 15.2. The third-order valence-electron chi connectivity index (χ3n) is 4.04. The van der Waals surface area contributed by atoms with Gasteiger partial charge in [0.2, 0.25) is 0 Å². The van der Waals surface area contributed by atoms with Gasteiger partial charge in [-0.2, -0.15) is 0 Å². The minimum atomic E-state index is -0.0556. The summed E-state index contributed by atoms with van der Waals surface area (Å²) in [6.45, 7) is 7.88. The SMILES string of the molecule is CCNC(=NCC(C)Oc1ccccc1OC)NCCC1=CCOCC1.I. The van der Waals surface area contributed by atoms with Gasteiger partial charge in [0.1, 0.15) is 6.10 Å². The minimum Gasteiger partial charge on any atom is -0.493 e. The molecule has 1 aromatic carbocycles. The van der Waals surface area contributed by atoms with Gasteiger partial charge in [0, 0.05) is 13.1 Å². The largest absolute Gasteiger partial charge is 0.493 e. The molecule has 0 aromatic heterocycles. The van der Waals surface area contributed by atoms with Crippen LogP contribution in [0.5, 0.6) is 11.5 Å². The minimum absolute atomic E-state index is 0. The van der Waals surface area contributed by atoms with Gasteiger partial charge in [-0.1, -0.05) is 23.8 Å². The van der Waals surface area contributed by atoms with Gasteiger partial charge in [-0.05, 0) is 38.8 Å². The lowest BCUT2D eigenvalue weighted by atomic mass is 10.1. The second-order valence-corrected chi connectivity index (χ2v) is 6.16. The standard InChI is InChI=1S/C20H31N3O3.HI/c1-4-21-20(22-12-9-17-10-13-25-14-11-17)23-15-16(2)26-19-8-6-5-7-18(19)24-3;/h5-8,10,16H,4,9,11-15H2,1-3H3,(H2,21,22,23);1H. The van der Waals surface area contributed by atoms with E-state index in [0.717, 1.165) is 56.6 Å².